The minimum Gasteiger partial charge on any atom is -0.126 e. The Kier molecular flexibility index (Phi) is 5.47. The zero-order valence-electron chi connectivity index (χ0n) is 11.1. The van der Waals surface area contributed by atoms with E-state index in [2.05, 4.69) is 71.4 Å². The van der Waals surface area contributed by atoms with Gasteiger partial charge in [-0.2, -0.15) is 0 Å². The molecule has 0 spiro atoms. The van der Waals surface area contributed by atoms with Crippen LogP contribution in [-0.4, -0.2) is 5.88 Å². The third-order valence-corrected chi connectivity index (χ3v) is 4.23. The van der Waals surface area contributed by atoms with Crippen LogP contribution in [0.1, 0.15) is 16.7 Å². The van der Waals surface area contributed by atoms with Crippen LogP contribution in [0.15, 0.2) is 53.0 Å². The van der Waals surface area contributed by atoms with Crippen molar-refractivity contribution in [1.29, 1.82) is 0 Å². The minimum atomic E-state index is 0.490. The van der Waals surface area contributed by atoms with Crippen molar-refractivity contribution >= 4 is 27.5 Å². The molecule has 0 fully saturated rings. The van der Waals surface area contributed by atoms with Gasteiger partial charge in [0.2, 0.25) is 0 Å². The Bertz CT molecular complexity index is 519. The maximum absolute atomic E-state index is 6.13. The van der Waals surface area contributed by atoms with Gasteiger partial charge in [0.1, 0.15) is 0 Å². The van der Waals surface area contributed by atoms with Crippen molar-refractivity contribution in [1.82, 2.24) is 0 Å². The van der Waals surface area contributed by atoms with Crippen LogP contribution in [0.2, 0.25) is 0 Å². The lowest BCUT2D eigenvalue weighted by Crippen LogP contribution is -2.10. The van der Waals surface area contributed by atoms with E-state index in [1.54, 1.807) is 0 Å². The summed E-state index contributed by atoms with van der Waals surface area (Å²) in [6.07, 6.45) is 2.08. The first kappa shape index (κ1) is 14.6. The van der Waals surface area contributed by atoms with Crippen molar-refractivity contribution in [2.75, 3.05) is 5.88 Å². The topological polar surface area (TPSA) is 0 Å². The standard InChI is InChI=1S/C17H18BrCl/c1-13-3-2-4-15(9-13)11-16(12-19)10-14-5-7-17(18)8-6-14/h2-9,16H,10-12H2,1H3. The van der Waals surface area contributed by atoms with Crippen LogP contribution >= 0.6 is 27.5 Å². The monoisotopic (exact) mass is 336 g/mol. The van der Waals surface area contributed by atoms with E-state index < -0.39 is 0 Å². The predicted octanol–water partition coefficient (Wildman–Crippen LogP) is 5.40. The molecule has 0 radical (unpaired) electrons. The summed E-state index contributed by atoms with van der Waals surface area (Å²) in [5, 5.41) is 0. The molecule has 0 nitrogen and oxygen atoms in total. The minimum absolute atomic E-state index is 0.490. The highest BCUT2D eigenvalue weighted by atomic mass is 79.9. The summed E-state index contributed by atoms with van der Waals surface area (Å²) in [6.45, 7) is 2.13. The van der Waals surface area contributed by atoms with Gasteiger partial charge in [-0.25, -0.2) is 0 Å². The van der Waals surface area contributed by atoms with Crippen LogP contribution in [-0.2, 0) is 12.8 Å². The highest BCUT2D eigenvalue weighted by Gasteiger charge is 2.10. The van der Waals surface area contributed by atoms with Crippen LogP contribution in [0.3, 0.4) is 0 Å². The maximum atomic E-state index is 6.13. The molecule has 0 aliphatic heterocycles. The van der Waals surface area contributed by atoms with Crippen LogP contribution in [0, 0.1) is 12.8 Å². The summed E-state index contributed by atoms with van der Waals surface area (Å²) < 4.78 is 1.12. The Labute approximate surface area is 128 Å². The molecule has 1 unspecified atom stereocenters. The SMILES string of the molecule is Cc1cccc(CC(CCl)Cc2ccc(Br)cc2)c1. The molecule has 19 heavy (non-hydrogen) atoms. The Morgan fingerprint density at radius 2 is 1.68 bits per heavy atom. The summed E-state index contributed by atoms with van der Waals surface area (Å²) >= 11 is 9.59. The molecule has 0 heterocycles. The van der Waals surface area contributed by atoms with Gasteiger partial charge in [-0.15, -0.1) is 11.6 Å². The van der Waals surface area contributed by atoms with Gasteiger partial charge in [0.25, 0.3) is 0 Å². The van der Waals surface area contributed by atoms with Gasteiger partial charge in [0.15, 0.2) is 0 Å². The Morgan fingerprint density at radius 3 is 2.32 bits per heavy atom. The number of alkyl halides is 1. The summed E-state index contributed by atoms with van der Waals surface area (Å²) in [6, 6.07) is 17.2. The Balaban J connectivity index is 2.02. The molecule has 2 rings (SSSR count). The average Bonchev–Trinajstić information content (AvgIpc) is 2.40. The van der Waals surface area contributed by atoms with E-state index >= 15 is 0 Å². The number of rotatable bonds is 5. The molecule has 0 aliphatic rings. The zero-order chi connectivity index (χ0) is 13.7. The smallest absolute Gasteiger partial charge is 0.0258 e. The first-order valence-corrected chi connectivity index (χ1v) is 7.86. The lowest BCUT2D eigenvalue weighted by molar-refractivity contribution is 0.584. The van der Waals surface area contributed by atoms with Crippen molar-refractivity contribution in [3.8, 4) is 0 Å². The quantitative estimate of drug-likeness (QED) is 0.641. The van der Waals surface area contributed by atoms with E-state index in [-0.39, 0.29) is 0 Å². The van der Waals surface area contributed by atoms with Crippen LogP contribution < -0.4 is 0 Å². The summed E-state index contributed by atoms with van der Waals surface area (Å²) in [5.74, 6) is 1.19. The molecule has 0 N–H and O–H groups in total. The number of halogens is 2. The van der Waals surface area contributed by atoms with Crippen molar-refractivity contribution in [2.45, 2.75) is 19.8 Å². The van der Waals surface area contributed by atoms with Gasteiger partial charge in [0, 0.05) is 10.4 Å². The Hall–Kier alpha value is -0.790. The van der Waals surface area contributed by atoms with Crippen molar-refractivity contribution < 1.29 is 0 Å². The molecule has 2 heteroatoms. The molecule has 100 valence electrons. The molecule has 1 atom stereocenters. The number of hydrogen-bond acceptors (Lipinski definition) is 0. The fourth-order valence-electron chi connectivity index (χ4n) is 2.31. The molecule has 0 saturated carbocycles. The fraction of sp³-hybridized carbons (Fsp3) is 0.294. The van der Waals surface area contributed by atoms with E-state index in [0.717, 1.165) is 17.3 Å². The first-order chi connectivity index (χ1) is 9.17. The molecule has 0 aromatic heterocycles. The Morgan fingerprint density at radius 1 is 1.00 bits per heavy atom. The summed E-state index contributed by atoms with van der Waals surface area (Å²) in [4.78, 5) is 0. The van der Waals surface area contributed by atoms with Gasteiger partial charge in [-0.05, 0) is 48.9 Å². The van der Waals surface area contributed by atoms with Gasteiger partial charge in [0.05, 0.1) is 0 Å². The number of hydrogen-bond donors (Lipinski definition) is 0. The molecule has 2 aromatic rings. The fourth-order valence-corrected chi connectivity index (χ4v) is 2.79. The van der Waals surface area contributed by atoms with E-state index in [9.17, 15) is 0 Å². The van der Waals surface area contributed by atoms with Crippen molar-refractivity contribution in [2.24, 2.45) is 5.92 Å². The van der Waals surface area contributed by atoms with Crippen LogP contribution in [0.5, 0.6) is 0 Å². The van der Waals surface area contributed by atoms with Crippen LogP contribution in [0.4, 0.5) is 0 Å². The molecular formula is C17H18BrCl. The second-order valence-electron chi connectivity index (χ2n) is 5.04. The average molecular weight is 338 g/mol. The summed E-state index contributed by atoms with van der Waals surface area (Å²) in [7, 11) is 0. The second-order valence-corrected chi connectivity index (χ2v) is 6.27. The maximum Gasteiger partial charge on any atom is 0.0258 e. The highest BCUT2D eigenvalue weighted by molar-refractivity contribution is 9.10. The molecular weight excluding hydrogens is 320 g/mol. The van der Waals surface area contributed by atoms with E-state index in [0.29, 0.717) is 11.8 Å². The number of benzene rings is 2. The summed E-state index contributed by atoms with van der Waals surface area (Å²) in [5.41, 5.74) is 4.04. The van der Waals surface area contributed by atoms with Gasteiger partial charge >= 0.3 is 0 Å². The third kappa shape index (κ3) is 4.67. The van der Waals surface area contributed by atoms with E-state index in [1.165, 1.54) is 16.7 Å². The van der Waals surface area contributed by atoms with Gasteiger partial charge in [-0.3, -0.25) is 0 Å². The second kappa shape index (κ2) is 7.12. The lowest BCUT2D eigenvalue weighted by Gasteiger charge is -2.14. The molecule has 0 bridgehead atoms. The normalized spacial score (nSPS) is 12.4. The molecule has 0 saturated heterocycles. The van der Waals surface area contributed by atoms with Gasteiger partial charge < -0.3 is 0 Å². The molecule has 0 amide bonds. The van der Waals surface area contributed by atoms with E-state index in [4.69, 9.17) is 11.6 Å². The molecule has 0 aliphatic carbocycles. The third-order valence-electron chi connectivity index (χ3n) is 3.26. The highest BCUT2D eigenvalue weighted by Crippen LogP contribution is 2.19. The molecule has 2 aromatic carbocycles. The predicted molar refractivity (Wildman–Crippen MR) is 86.9 cm³/mol. The van der Waals surface area contributed by atoms with Gasteiger partial charge in [-0.1, -0.05) is 57.9 Å². The van der Waals surface area contributed by atoms with Crippen molar-refractivity contribution in [3.63, 3.8) is 0 Å². The van der Waals surface area contributed by atoms with Crippen molar-refractivity contribution in [3.05, 3.63) is 69.7 Å². The largest absolute Gasteiger partial charge is 0.126 e. The number of aryl methyl sites for hydroxylation is 1. The lowest BCUT2D eigenvalue weighted by atomic mass is 9.93. The van der Waals surface area contributed by atoms with Crippen LogP contribution in [0.25, 0.3) is 0 Å². The first-order valence-electron chi connectivity index (χ1n) is 6.53. The zero-order valence-corrected chi connectivity index (χ0v) is 13.4. The van der Waals surface area contributed by atoms with E-state index in [1.807, 2.05) is 0 Å².